The number of aliphatic imine (C=N–C) groups is 2. The van der Waals surface area contributed by atoms with Gasteiger partial charge in [0.15, 0.2) is 5.17 Å². The van der Waals surface area contributed by atoms with Crippen LogP contribution >= 0.6 is 11.8 Å². The highest BCUT2D eigenvalue weighted by atomic mass is 32.2. The van der Waals surface area contributed by atoms with Crippen LogP contribution in [0.2, 0.25) is 0 Å². The summed E-state index contributed by atoms with van der Waals surface area (Å²) in [5.41, 5.74) is 6.73. The van der Waals surface area contributed by atoms with Gasteiger partial charge in [0.2, 0.25) is 0 Å². The van der Waals surface area contributed by atoms with E-state index in [0.29, 0.717) is 11.7 Å². The molecular formula is C10H11N3S. The summed E-state index contributed by atoms with van der Waals surface area (Å²) in [6.45, 7) is 0.688. The normalized spacial score (nSPS) is 18.6. The van der Waals surface area contributed by atoms with Crippen molar-refractivity contribution in [1.82, 2.24) is 0 Å². The number of benzene rings is 1. The van der Waals surface area contributed by atoms with Gasteiger partial charge in [0.05, 0.1) is 12.3 Å². The largest absolute Gasteiger partial charge is 0.378 e. The third-order valence-corrected chi connectivity index (χ3v) is 2.66. The Balaban J connectivity index is 2.01. The van der Waals surface area contributed by atoms with E-state index >= 15 is 0 Å². The number of hydrogen-bond donors (Lipinski definition) is 1. The standard InChI is InChI=1S/C10H11N3S/c11-10-13-9(7-14-10)12-6-8-4-2-1-3-5-8/h1-5H,6-7H2,(H2,11,12,13). The zero-order chi connectivity index (χ0) is 9.80. The van der Waals surface area contributed by atoms with E-state index in [1.165, 1.54) is 17.3 Å². The maximum atomic E-state index is 5.53. The fraction of sp³-hybridized carbons (Fsp3) is 0.200. The summed E-state index contributed by atoms with van der Waals surface area (Å²) < 4.78 is 0. The molecule has 2 rings (SSSR count). The van der Waals surface area contributed by atoms with Crippen molar-refractivity contribution in [3.8, 4) is 0 Å². The van der Waals surface area contributed by atoms with E-state index in [-0.39, 0.29) is 0 Å². The van der Waals surface area contributed by atoms with Gasteiger partial charge in [-0.2, -0.15) is 0 Å². The van der Waals surface area contributed by atoms with Gasteiger partial charge in [-0.1, -0.05) is 42.1 Å². The SMILES string of the molecule is NC1=NC(=NCc2ccccc2)CS1. The third-order valence-electron chi connectivity index (χ3n) is 1.88. The molecule has 0 spiro atoms. The van der Waals surface area contributed by atoms with Crippen molar-refractivity contribution in [2.75, 3.05) is 5.75 Å². The lowest BCUT2D eigenvalue weighted by Gasteiger charge is -1.95. The molecule has 0 aromatic heterocycles. The Morgan fingerprint density at radius 1 is 1.36 bits per heavy atom. The second kappa shape index (κ2) is 4.28. The molecule has 2 N–H and O–H groups in total. The predicted octanol–water partition coefficient (Wildman–Crippen LogP) is 1.65. The summed E-state index contributed by atoms with van der Waals surface area (Å²) in [6, 6.07) is 10.1. The number of hydrogen-bond acceptors (Lipinski definition) is 3. The summed E-state index contributed by atoms with van der Waals surface area (Å²) >= 11 is 1.54. The lowest BCUT2D eigenvalue weighted by atomic mass is 10.2. The van der Waals surface area contributed by atoms with E-state index in [4.69, 9.17) is 5.73 Å². The van der Waals surface area contributed by atoms with Crippen molar-refractivity contribution < 1.29 is 0 Å². The Morgan fingerprint density at radius 3 is 2.79 bits per heavy atom. The molecule has 0 aliphatic carbocycles. The molecule has 1 aromatic rings. The summed E-state index contributed by atoms with van der Waals surface area (Å²) in [5, 5.41) is 0.622. The van der Waals surface area contributed by atoms with Crippen LogP contribution in [0.15, 0.2) is 40.3 Å². The molecule has 0 radical (unpaired) electrons. The van der Waals surface area contributed by atoms with Crippen LogP contribution in [-0.2, 0) is 6.54 Å². The van der Waals surface area contributed by atoms with E-state index in [1.807, 2.05) is 18.2 Å². The monoisotopic (exact) mass is 205 g/mol. The quantitative estimate of drug-likeness (QED) is 0.798. The first kappa shape index (κ1) is 9.27. The molecule has 14 heavy (non-hydrogen) atoms. The predicted molar refractivity (Wildman–Crippen MR) is 61.7 cm³/mol. The number of nitrogens with two attached hydrogens (primary N) is 1. The first-order valence-electron chi connectivity index (χ1n) is 4.39. The average Bonchev–Trinajstić information content (AvgIpc) is 2.63. The zero-order valence-electron chi connectivity index (χ0n) is 7.68. The zero-order valence-corrected chi connectivity index (χ0v) is 8.50. The van der Waals surface area contributed by atoms with Crippen molar-refractivity contribution >= 4 is 22.8 Å². The van der Waals surface area contributed by atoms with Crippen LogP contribution < -0.4 is 5.73 Å². The van der Waals surface area contributed by atoms with Crippen molar-refractivity contribution in [3.05, 3.63) is 35.9 Å². The topological polar surface area (TPSA) is 50.7 Å². The molecular weight excluding hydrogens is 194 g/mol. The number of nitrogens with zero attached hydrogens (tertiary/aromatic N) is 2. The third kappa shape index (κ3) is 2.35. The molecule has 1 heterocycles. The van der Waals surface area contributed by atoms with Gasteiger partial charge in [-0.3, -0.25) is 4.99 Å². The Kier molecular flexibility index (Phi) is 2.84. The van der Waals surface area contributed by atoms with Gasteiger partial charge >= 0.3 is 0 Å². The van der Waals surface area contributed by atoms with Crippen LogP contribution in [0.3, 0.4) is 0 Å². The molecule has 0 unspecified atom stereocenters. The molecule has 1 aliphatic rings. The number of amidine groups is 2. The fourth-order valence-electron chi connectivity index (χ4n) is 1.18. The second-order valence-electron chi connectivity index (χ2n) is 2.96. The van der Waals surface area contributed by atoms with Crippen molar-refractivity contribution in [3.63, 3.8) is 0 Å². The second-order valence-corrected chi connectivity index (χ2v) is 3.95. The van der Waals surface area contributed by atoms with Gasteiger partial charge in [0.1, 0.15) is 5.84 Å². The highest BCUT2D eigenvalue weighted by Crippen LogP contribution is 2.11. The van der Waals surface area contributed by atoms with Crippen LogP contribution in [0.1, 0.15) is 5.56 Å². The number of thioether (sulfide) groups is 1. The summed E-state index contributed by atoms with van der Waals surface area (Å²) in [6.07, 6.45) is 0. The van der Waals surface area contributed by atoms with Crippen LogP contribution in [-0.4, -0.2) is 16.8 Å². The summed E-state index contributed by atoms with van der Waals surface area (Å²) in [5.74, 6) is 1.65. The Morgan fingerprint density at radius 2 is 2.14 bits per heavy atom. The molecule has 0 amide bonds. The highest BCUT2D eigenvalue weighted by Gasteiger charge is 2.08. The molecule has 1 aliphatic heterocycles. The minimum absolute atomic E-state index is 0.622. The van der Waals surface area contributed by atoms with E-state index in [0.717, 1.165) is 11.6 Å². The van der Waals surface area contributed by atoms with Crippen molar-refractivity contribution in [1.29, 1.82) is 0 Å². The van der Waals surface area contributed by atoms with Crippen molar-refractivity contribution in [2.24, 2.45) is 15.7 Å². The van der Waals surface area contributed by atoms with E-state index in [2.05, 4.69) is 22.1 Å². The Hall–Kier alpha value is -1.29. The van der Waals surface area contributed by atoms with Crippen LogP contribution in [0, 0.1) is 0 Å². The maximum Gasteiger partial charge on any atom is 0.161 e. The average molecular weight is 205 g/mol. The molecule has 1 aromatic carbocycles. The number of rotatable bonds is 2. The van der Waals surface area contributed by atoms with Gasteiger partial charge < -0.3 is 5.73 Å². The van der Waals surface area contributed by atoms with Crippen LogP contribution in [0.5, 0.6) is 0 Å². The highest BCUT2D eigenvalue weighted by molar-refractivity contribution is 8.14. The van der Waals surface area contributed by atoms with Crippen molar-refractivity contribution in [2.45, 2.75) is 6.54 Å². The Bertz CT molecular complexity index is 370. The molecule has 0 saturated carbocycles. The Labute approximate surface area is 87.1 Å². The van der Waals surface area contributed by atoms with Gasteiger partial charge in [0, 0.05) is 0 Å². The van der Waals surface area contributed by atoms with Gasteiger partial charge in [-0.05, 0) is 5.56 Å². The minimum Gasteiger partial charge on any atom is -0.378 e. The fourth-order valence-corrected chi connectivity index (χ4v) is 1.78. The first-order chi connectivity index (χ1) is 6.84. The molecule has 0 fully saturated rings. The minimum atomic E-state index is 0.622. The molecule has 0 saturated heterocycles. The van der Waals surface area contributed by atoms with E-state index in [1.54, 1.807) is 0 Å². The van der Waals surface area contributed by atoms with Gasteiger partial charge in [-0.15, -0.1) is 0 Å². The summed E-state index contributed by atoms with van der Waals surface area (Å²) in [4.78, 5) is 8.48. The van der Waals surface area contributed by atoms with Gasteiger partial charge in [-0.25, -0.2) is 4.99 Å². The van der Waals surface area contributed by atoms with Crippen LogP contribution in [0.25, 0.3) is 0 Å². The lowest BCUT2D eigenvalue weighted by molar-refractivity contribution is 1.06. The van der Waals surface area contributed by atoms with E-state index < -0.39 is 0 Å². The molecule has 3 nitrogen and oxygen atoms in total. The molecule has 72 valence electrons. The first-order valence-corrected chi connectivity index (χ1v) is 5.37. The van der Waals surface area contributed by atoms with Gasteiger partial charge in [0.25, 0.3) is 0 Å². The maximum absolute atomic E-state index is 5.53. The van der Waals surface area contributed by atoms with E-state index in [9.17, 15) is 0 Å². The summed E-state index contributed by atoms with van der Waals surface area (Å²) in [7, 11) is 0. The lowest BCUT2D eigenvalue weighted by Crippen LogP contribution is -2.01. The van der Waals surface area contributed by atoms with Crippen LogP contribution in [0.4, 0.5) is 0 Å². The molecule has 4 heteroatoms. The smallest absolute Gasteiger partial charge is 0.161 e. The molecule has 0 bridgehead atoms. The molecule has 0 atom stereocenters.